The predicted octanol–water partition coefficient (Wildman–Crippen LogP) is 3.40. The molecule has 2 aromatic rings. The van der Waals surface area contributed by atoms with E-state index in [0.717, 1.165) is 0 Å². The minimum absolute atomic E-state index is 0.133. The van der Waals surface area contributed by atoms with Gasteiger partial charge in [-0.3, -0.25) is 0 Å². The topological polar surface area (TPSA) is 54.0 Å². The Balaban J connectivity index is 1.64. The van der Waals surface area contributed by atoms with Gasteiger partial charge in [0.05, 0.1) is 6.61 Å². The second-order valence-electron chi connectivity index (χ2n) is 9.86. The SMILES string of the molecule is CC1(C)O[C@H]2C[C@H](CO[Si](c3ccccc3)(c3ccccc3)C(C)(C)C)OC(=O)[C@H]2O1. The van der Waals surface area contributed by atoms with Crippen LogP contribution in [-0.4, -0.2) is 45.0 Å². The van der Waals surface area contributed by atoms with E-state index < -0.39 is 20.2 Å². The fraction of sp³-hybridized carbons (Fsp3) is 0.480. The van der Waals surface area contributed by atoms with Gasteiger partial charge in [-0.2, -0.15) is 0 Å². The second kappa shape index (κ2) is 8.17. The van der Waals surface area contributed by atoms with Crippen LogP contribution in [0.4, 0.5) is 0 Å². The molecule has 0 N–H and O–H groups in total. The molecule has 3 atom stereocenters. The van der Waals surface area contributed by atoms with Crippen molar-refractivity contribution < 1.29 is 23.4 Å². The molecule has 0 spiro atoms. The van der Waals surface area contributed by atoms with E-state index in [1.54, 1.807) is 0 Å². The summed E-state index contributed by atoms with van der Waals surface area (Å²) in [6, 6.07) is 20.9. The van der Waals surface area contributed by atoms with Crippen LogP contribution in [0.2, 0.25) is 5.04 Å². The van der Waals surface area contributed by atoms with E-state index in [-0.39, 0.29) is 23.2 Å². The fourth-order valence-electron chi connectivity index (χ4n) is 4.83. The molecule has 31 heavy (non-hydrogen) atoms. The van der Waals surface area contributed by atoms with Gasteiger partial charge in [0.1, 0.15) is 12.2 Å². The van der Waals surface area contributed by atoms with Gasteiger partial charge < -0.3 is 18.6 Å². The molecule has 2 aromatic carbocycles. The van der Waals surface area contributed by atoms with Crippen LogP contribution < -0.4 is 10.4 Å². The predicted molar refractivity (Wildman–Crippen MR) is 122 cm³/mol. The zero-order valence-corrected chi connectivity index (χ0v) is 20.0. The molecule has 0 bridgehead atoms. The van der Waals surface area contributed by atoms with Crippen LogP contribution in [0.25, 0.3) is 0 Å². The van der Waals surface area contributed by atoms with Crippen molar-refractivity contribution in [1.29, 1.82) is 0 Å². The Morgan fingerprint density at radius 2 is 1.52 bits per heavy atom. The maximum Gasteiger partial charge on any atom is 0.338 e. The zero-order valence-electron chi connectivity index (χ0n) is 19.0. The summed E-state index contributed by atoms with van der Waals surface area (Å²) in [7, 11) is -2.68. The highest BCUT2D eigenvalue weighted by Crippen LogP contribution is 2.38. The van der Waals surface area contributed by atoms with Gasteiger partial charge in [0, 0.05) is 6.42 Å². The van der Waals surface area contributed by atoms with Crippen LogP contribution in [0, 0.1) is 0 Å². The molecule has 4 rings (SSSR count). The van der Waals surface area contributed by atoms with Crippen molar-refractivity contribution in [2.45, 2.75) is 70.2 Å². The van der Waals surface area contributed by atoms with Gasteiger partial charge in [-0.05, 0) is 29.3 Å². The van der Waals surface area contributed by atoms with E-state index in [2.05, 4.69) is 69.3 Å². The third kappa shape index (κ3) is 4.22. The number of fused-ring (bicyclic) bond motifs is 1. The van der Waals surface area contributed by atoms with Crippen LogP contribution >= 0.6 is 0 Å². The minimum Gasteiger partial charge on any atom is -0.458 e. The molecule has 0 radical (unpaired) electrons. The quantitative estimate of drug-likeness (QED) is 0.527. The number of rotatable bonds is 5. The first kappa shape index (κ1) is 22.2. The van der Waals surface area contributed by atoms with Gasteiger partial charge >= 0.3 is 5.97 Å². The molecule has 5 nitrogen and oxygen atoms in total. The van der Waals surface area contributed by atoms with Crippen molar-refractivity contribution in [1.82, 2.24) is 0 Å². The molecule has 0 aliphatic carbocycles. The van der Waals surface area contributed by atoms with Crippen molar-refractivity contribution >= 4 is 24.7 Å². The molecule has 0 saturated carbocycles. The lowest BCUT2D eigenvalue weighted by Crippen LogP contribution is -2.67. The maximum atomic E-state index is 12.6. The van der Waals surface area contributed by atoms with E-state index >= 15 is 0 Å². The smallest absolute Gasteiger partial charge is 0.338 e. The van der Waals surface area contributed by atoms with E-state index in [1.807, 2.05) is 26.0 Å². The normalized spacial score (nSPS) is 25.7. The Morgan fingerprint density at radius 3 is 2.03 bits per heavy atom. The molecule has 2 aliphatic heterocycles. The van der Waals surface area contributed by atoms with Gasteiger partial charge in [0.2, 0.25) is 0 Å². The Hall–Kier alpha value is -1.99. The summed E-state index contributed by atoms with van der Waals surface area (Å²) >= 11 is 0. The zero-order chi connectivity index (χ0) is 22.3. The van der Waals surface area contributed by atoms with Crippen LogP contribution in [0.15, 0.2) is 60.7 Å². The highest BCUT2D eigenvalue weighted by molar-refractivity contribution is 6.99. The van der Waals surface area contributed by atoms with Crippen molar-refractivity contribution in [3.63, 3.8) is 0 Å². The summed E-state index contributed by atoms with van der Waals surface area (Å²) in [5.74, 6) is -1.14. The van der Waals surface area contributed by atoms with E-state index in [0.29, 0.717) is 13.0 Å². The summed E-state index contributed by atoms with van der Waals surface area (Å²) < 4.78 is 24.3. The first-order valence-electron chi connectivity index (χ1n) is 10.9. The Labute approximate surface area is 185 Å². The Kier molecular flexibility index (Phi) is 5.85. The Morgan fingerprint density at radius 1 is 0.968 bits per heavy atom. The summed E-state index contributed by atoms with van der Waals surface area (Å²) in [6.07, 6.45) is -0.756. The van der Waals surface area contributed by atoms with Gasteiger partial charge in [-0.1, -0.05) is 81.4 Å². The molecular formula is C25H32O5Si. The molecule has 2 saturated heterocycles. The highest BCUT2D eigenvalue weighted by atomic mass is 28.4. The number of benzene rings is 2. The number of ether oxygens (including phenoxy) is 3. The molecule has 6 heteroatoms. The standard InChI is InChI=1S/C25H32O5Si/c1-24(2,3)31(19-12-8-6-9-13-19,20-14-10-7-11-15-20)27-17-18-16-21-22(23(26)28-18)30-25(4,5)29-21/h6-15,18,21-22H,16-17H2,1-5H3/t18-,21+,22+/m1/s1. The number of carbonyl (C=O) groups excluding carboxylic acids is 1. The molecule has 0 aromatic heterocycles. The minimum atomic E-state index is -2.68. The van der Waals surface area contributed by atoms with Gasteiger partial charge in [0.25, 0.3) is 8.32 Å². The third-order valence-corrected chi connectivity index (χ3v) is 11.1. The fourth-order valence-corrected chi connectivity index (χ4v) is 9.42. The van der Waals surface area contributed by atoms with E-state index in [9.17, 15) is 4.79 Å². The first-order chi connectivity index (χ1) is 14.6. The van der Waals surface area contributed by atoms with Crippen LogP contribution in [0.3, 0.4) is 0 Å². The lowest BCUT2D eigenvalue weighted by molar-refractivity contribution is -0.175. The van der Waals surface area contributed by atoms with Gasteiger partial charge in [-0.25, -0.2) is 4.79 Å². The number of carbonyl (C=O) groups is 1. The third-order valence-electron chi connectivity index (χ3n) is 6.10. The van der Waals surface area contributed by atoms with Crippen molar-refractivity contribution in [2.75, 3.05) is 6.61 Å². The van der Waals surface area contributed by atoms with E-state index in [4.69, 9.17) is 18.6 Å². The molecular weight excluding hydrogens is 408 g/mol. The van der Waals surface area contributed by atoms with E-state index in [1.165, 1.54) is 10.4 Å². The molecule has 2 heterocycles. The summed E-state index contributed by atoms with van der Waals surface area (Å²) in [6.45, 7) is 10.7. The summed E-state index contributed by atoms with van der Waals surface area (Å²) in [4.78, 5) is 12.6. The van der Waals surface area contributed by atoms with Crippen LogP contribution in [0.1, 0.15) is 41.0 Å². The molecule has 0 amide bonds. The lowest BCUT2D eigenvalue weighted by Gasteiger charge is -2.44. The maximum absolute atomic E-state index is 12.6. The molecule has 2 aliphatic rings. The average molecular weight is 441 g/mol. The monoisotopic (exact) mass is 440 g/mol. The van der Waals surface area contributed by atoms with Gasteiger partial charge in [-0.15, -0.1) is 0 Å². The number of hydrogen-bond donors (Lipinski definition) is 0. The van der Waals surface area contributed by atoms with Gasteiger partial charge in [0.15, 0.2) is 11.9 Å². The van der Waals surface area contributed by atoms with Crippen LogP contribution in [-0.2, 0) is 23.4 Å². The second-order valence-corrected chi connectivity index (χ2v) is 14.2. The highest BCUT2D eigenvalue weighted by Gasteiger charge is 2.53. The summed E-state index contributed by atoms with van der Waals surface area (Å²) in [5.41, 5.74) is 0. The Bertz CT molecular complexity index is 867. The molecule has 166 valence electrons. The average Bonchev–Trinajstić information content (AvgIpc) is 3.04. The lowest BCUT2D eigenvalue weighted by atomic mass is 10.0. The molecule has 0 unspecified atom stereocenters. The number of cyclic esters (lactones) is 1. The number of esters is 1. The largest absolute Gasteiger partial charge is 0.458 e. The number of hydrogen-bond acceptors (Lipinski definition) is 5. The van der Waals surface area contributed by atoms with Crippen molar-refractivity contribution in [3.05, 3.63) is 60.7 Å². The van der Waals surface area contributed by atoms with Crippen LogP contribution in [0.5, 0.6) is 0 Å². The first-order valence-corrected chi connectivity index (χ1v) is 12.8. The molecule has 2 fully saturated rings. The summed E-state index contributed by atoms with van der Waals surface area (Å²) in [5, 5.41) is 2.27. The van der Waals surface area contributed by atoms with Crippen molar-refractivity contribution in [3.8, 4) is 0 Å². The van der Waals surface area contributed by atoms with Crippen molar-refractivity contribution in [2.24, 2.45) is 0 Å².